The Bertz CT molecular complexity index is 1020. The normalized spacial score (nSPS) is 14.0. The molecule has 2 heterocycles. The lowest BCUT2D eigenvalue weighted by Crippen LogP contribution is -2.49. The van der Waals surface area contributed by atoms with Crippen molar-refractivity contribution in [3.63, 3.8) is 0 Å². The van der Waals surface area contributed by atoms with Crippen molar-refractivity contribution in [1.29, 1.82) is 0 Å². The molecule has 156 valence electrons. The van der Waals surface area contributed by atoms with Crippen molar-refractivity contribution in [2.45, 2.75) is 6.92 Å². The standard InChI is InChI=1S/C23H26N4O3/c1-17-4-7-19(8-5-17)27-11-10-24-23(27)26-14-12-25(13-15-26)22(28)18-6-9-20(29-2)21(16-18)30-3/h4-11,16H,12-15H2,1-3H3. The number of imidazole rings is 1. The molecule has 4 rings (SSSR count). The highest BCUT2D eigenvalue weighted by atomic mass is 16.5. The van der Waals surface area contributed by atoms with Gasteiger partial charge in [-0.25, -0.2) is 4.98 Å². The molecule has 7 nitrogen and oxygen atoms in total. The van der Waals surface area contributed by atoms with Crippen LogP contribution in [-0.4, -0.2) is 60.8 Å². The van der Waals surface area contributed by atoms with Crippen LogP contribution < -0.4 is 14.4 Å². The Labute approximate surface area is 176 Å². The summed E-state index contributed by atoms with van der Waals surface area (Å²) in [6, 6.07) is 13.7. The average Bonchev–Trinajstić information content (AvgIpc) is 3.28. The summed E-state index contributed by atoms with van der Waals surface area (Å²) in [6.07, 6.45) is 3.79. The number of rotatable bonds is 5. The van der Waals surface area contributed by atoms with Crippen LogP contribution >= 0.6 is 0 Å². The number of amides is 1. The highest BCUT2D eigenvalue weighted by Crippen LogP contribution is 2.28. The lowest BCUT2D eigenvalue weighted by molar-refractivity contribution is 0.0745. The second-order valence-electron chi connectivity index (χ2n) is 7.28. The van der Waals surface area contributed by atoms with Crippen molar-refractivity contribution in [1.82, 2.24) is 14.5 Å². The molecule has 0 saturated carbocycles. The monoisotopic (exact) mass is 406 g/mol. The third kappa shape index (κ3) is 3.83. The quantitative estimate of drug-likeness (QED) is 0.651. The summed E-state index contributed by atoms with van der Waals surface area (Å²) >= 11 is 0. The van der Waals surface area contributed by atoms with Gasteiger partial charge in [0.2, 0.25) is 5.95 Å². The molecule has 0 aliphatic carbocycles. The third-order valence-corrected chi connectivity index (χ3v) is 5.41. The second-order valence-corrected chi connectivity index (χ2v) is 7.28. The summed E-state index contributed by atoms with van der Waals surface area (Å²) in [5.41, 5.74) is 2.90. The van der Waals surface area contributed by atoms with Gasteiger partial charge in [-0.3, -0.25) is 9.36 Å². The van der Waals surface area contributed by atoms with Gasteiger partial charge in [-0.2, -0.15) is 0 Å². The first kappa shape index (κ1) is 19.8. The summed E-state index contributed by atoms with van der Waals surface area (Å²) in [5.74, 6) is 2.07. The molecule has 0 N–H and O–H groups in total. The van der Waals surface area contributed by atoms with Crippen LogP contribution in [0.3, 0.4) is 0 Å². The van der Waals surface area contributed by atoms with E-state index in [0.717, 1.165) is 24.7 Å². The predicted octanol–water partition coefficient (Wildman–Crippen LogP) is 3.16. The summed E-state index contributed by atoms with van der Waals surface area (Å²) in [5, 5.41) is 0. The molecule has 0 unspecified atom stereocenters. The maximum atomic E-state index is 13.0. The highest BCUT2D eigenvalue weighted by Gasteiger charge is 2.25. The molecule has 30 heavy (non-hydrogen) atoms. The Kier molecular flexibility index (Phi) is 5.61. The average molecular weight is 406 g/mol. The van der Waals surface area contributed by atoms with Crippen molar-refractivity contribution in [3.8, 4) is 17.2 Å². The van der Waals surface area contributed by atoms with Crippen LogP contribution in [0.1, 0.15) is 15.9 Å². The van der Waals surface area contributed by atoms with E-state index in [1.54, 1.807) is 32.4 Å². The van der Waals surface area contributed by atoms with Crippen LogP contribution in [-0.2, 0) is 0 Å². The van der Waals surface area contributed by atoms with E-state index in [9.17, 15) is 4.79 Å². The summed E-state index contributed by atoms with van der Waals surface area (Å²) in [6.45, 7) is 4.79. The van der Waals surface area contributed by atoms with Gasteiger partial charge < -0.3 is 19.3 Å². The molecule has 2 aromatic carbocycles. The van der Waals surface area contributed by atoms with Crippen LogP contribution in [0.2, 0.25) is 0 Å². The van der Waals surface area contributed by atoms with Crippen molar-refractivity contribution in [2.24, 2.45) is 0 Å². The number of ether oxygens (including phenoxy) is 2. The van der Waals surface area contributed by atoms with Gasteiger partial charge in [-0.15, -0.1) is 0 Å². The zero-order valence-corrected chi connectivity index (χ0v) is 17.5. The summed E-state index contributed by atoms with van der Waals surface area (Å²) < 4.78 is 12.7. The van der Waals surface area contributed by atoms with Crippen LogP contribution in [0.5, 0.6) is 11.5 Å². The van der Waals surface area contributed by atoms with Gasteiger partial charge >= 0.3 is 0 Å². The predicted molar refractivity (Wildman–Crippen MR) is 116 cm³/mol. The van der Waals surface area contributed by atoms with E-state index < -0.39 is 0 Å². The fourth-order valence-corrected chi connectivity index (χ4v) is 3.70. The first-order valence-corrected chi connectivity index (χ1v) is 9.97. The van der Waals surface area contributed by atoms with Crippen molar-refractivity contribution in [3.05, 3.63) is 66.0 Å². The first-order chi connectivity index (χ1) is 14.6. The number of nitrogens with zero attached hydrogens (tertiary/aromatic N) is 4. The highest BCUT2D eigenvalue weighted by molar-refractivity contribution is 5.95. The van der Waals surface area contributed by atoms with Crippen molar-refractivity contribution in [2.75, 3.05) is 45.3 Å². The molecular formula is C23H26N4O3. The van der Waals surface area contributed by atoms with Gasteiger partial charge in [-0.05, 0) is 37.3 Å². The molecule has 0 bridgehead atoms. The van der Waals surface area contributed by atoms with E-state index >= 15 is 0 Å². The van der Waals surface area contributed by atoms with Gasteiger partial charge in [0, 0.05) is 49.8 Å². The largest absolute Gasteiger partial charge is 0.493 e. The SMILES string of the molecule is COc1ccc(C(=O)N2CCN(c3nccn3-c3ccc(C)cc3)CC2)cc1OC. The molecule has 3 aromatic rings. The van der Waals surface area contributed by atoms with E-state index in [1.807, 2.05) is 17.3 Å². The van der Waals surface area contributed by atoms with Crippen LogP contribution in [0.4, 0.5) is 5.95 Å². The topological polar surface area (TPSA) is 59.8 Å². The Morgan fingerprint density at radius 3 is 2.30 bits per heavy atom. The zero-order valence-electron chi connectivity index (χ0n) is 17.5. The third-order valence-electron chi connectivity index (χ3n) is 5.41. The minimum Gasteiger partial charge on any atom is -0.493 e. The Hall–Kier alpha value is -3.48. The van der Waals surface area contributed by atoms with E-state index in [1.165, 1.54) is 5.56 Å². The Morgan fingerprint density at radius 1 is 0.933 bits per heavy atom. The Morgan fingerprint density at radius 2 is 1.63 bits per heavy atom. The lowest BCUT2D eigenvalue weighted by Gasteiger charge is -2.35. The number of benzene rings is 2. The molecule has 0 spiro atoms. The van der Waals surface area contributed by atoms with Crippen LogP contribution in [0.15, 0.2) is 54.9 Å². The van der Waals surface area contributed by atoms with Gasteiger partial charge in [0.15, 0.2) is 11.5 Å². The molecule has 1 aliphatic heterocycles. The molecule has 1 fully saturated rings. The molecule has 1 aliphatic rings. The van der Waals surface area contributed by atoms with Gasteiger partial charge in [0.25, 0.3) is 5.91 Å². The molecule has 1 amide bonds. The number of methoxy groups -OCH3 is 2. The number of hydrogen-bond donors (Lipinski definition) is 0. The molecule has 7 heteroatoms. The van der Waals surface area contributed by atoms with Gasteiger partial charge in [0.1, 0.15) is 0 Å². The maximum absolute atomic E-state index is 13.0. The molecule has 0 atom stereocenters. The second kappa shape index (κ2) is 8.49. The minimum atomic E-state index is -0.00233. The van der Waals surface area contributed by atoms with Crippen molar-refractivity contribution >= 4 is 11.9 Å². The molecular weight excluding hydrogens is 380 g/mol. The van der Waals surface area contributed by atoms with E-state index in [4.69, 9.17) is 9.47 Å². The number of piperazine rings is 1. The first-order valence-electron chi connectivity index (χ1n) is 9.97. The van der Waals surface area contributed by atoms with Crippen LogP contribution in [0.25, 0.3) is 5.69 Å². The fraction of sp³-hybridized carbons (Fsp3) is 0.304. The van der Waals surface area contributed by atoms with Gasteiger partial charge in [-0.1, -0.05) is 17.7 Å². The molecule has 1 aromatic heterocycles. The van der Waals surface area contributed by atoms with E-state index in [-0.39, 0.29) is 5.91 Å². The lowest BCUT2D eigenvalue weighted by atomic mass is 10.1. The minimum absolute atomic E-state index is 0.00233. The molecule has 0 radical (unpaired) electrons. The number of anilines is 1. The van der Waals surface area contributed by atoms with E-state index in [0.29, 0.717) is 30.2 Å². The van der Waals surface area contributed by atoms with Crippen LogP contribution in [0, 0.1) is 6.92 Å². The number of aryl methyl sites for hydroxylation is 1. The number of carbonyl (C=O) groups is 1. The smallest absolute Gasteiger partial charge is 0.254 e. The number of aromatic nitrogens is 2. The zero-order chi connectivity index (χ0) is 21.1. The summed E-state index contributed by atoms with van der Waals surface area (Å²) in [4.78, 5) is 21.6. The number of hydrogen-bond acceptors (Lipinski definition) is 5. The maximum Gasteiger partial charge on any atom is 0.254 e. The fourth-order valence-electron chi connectivity index (χ4n) is 3.70. The van der Waals surface area contributed by atoms with Gasteiger partial charge in [0.05, 0.1) is 14.2 Å². The number of carbonyl (C=O) groups excluding carboxylic acids is 1. The Balaban J connectivity index is 1.45. The van der Waals surface area contributed by atoms with Crippen molar-refractivity contribution < 1.29 is 14.3 Å². The summed E-state index contributed by atoms with van der Waals surface area (Å²) in [7, 11) is 3.15. The molecule has 1 saturated heterocycles. The van der Waals surface area contributed by atoms with E-state index in [2.05, 4.69) is 45.6 Å².